The maximum atomic E-state index is 11.8. The van der Waals surface area contributed by atoms with Gasteiger partial charge in [0.1, 0.15) is 0 Å². The van der Waals surface area contributed by atoms with Crippen molar-refractivity contribution in [3.8, 4) is 0 Å². The molecule has 1 fully saturated rings. The number of carbonyl (C=O) groups is 2. The summed E-state index contributed by atoms with van der Waals surface area (Å²) in [7, 11) is 3.96. The summed E-state index contributed by atoms with van der Waals surface area (Å²) >= 11 is 0. The molecule has 0 saturated carbocycles. The number of rotatable bonds is 11. The molecule has 0 aromatic carbocycles. The van der Waals surface area contributed by atoms with Gasteiger partial charge in [-0.1, -0.05) is 46.2 Å². The van der Waals surface area contributed by atoms with Crippen molar-refractivity contribution in [1.29, 1.82) is 0 Å². The summed E-state index contributed by atoms with van der Waals surface area (Å²) in [6.45, 7) is 2.88. The molecular weight excluding hydrogens is 378 g/mol. The first-order valence-electron chi connectivity index (χ1n) is 9.54. The molecule has 1 aliphatic heterocycles. The fourth-order valence-corrected chi connectivity index (χ4v) is 5.69. The lowest BCUT2D eigenvalue weighted by Crippen LogP contribution is -2.34. The Morgan fingerprint density at radius 3 is 2.74 bits per heavy atom. The molecule has 2 rings (SSSR count). The molecule has 7 heteroatoms. The quantitative estimate of drug-likeness (QED) is 0.432. The van der Waals surface area contributed by atoms with E-state index in [-0.39, 0.29) is 11.8 Å². The van der Waals surface area contributed by atoms with Crippen molar-refractivity contribution >= 4 is 39.5 Å². The number of unbranched alkanes of at least 4 members (excludes halogenated alkanes) is 1. The molecule has 0 radical (unpaired) electrons. The number of nitrogens with one attached hydrogen (secondary N) is 2. The van der Waals surface area contributed by atoms with Gasteiger partial charge < -0.3 is 10.6 Å². The van der Waals surface area contributed by atoms with Gasteiger partial charge in [0.25, 0.3) is 0 Å². The predicted octanol–water partition coefficient (Wildman–Crippen LogP) is 3.74. The van der Waals surface area contributed by atoms with Gasteiger partial charge in [-0.2, -0.15) is 0 Å². The third-order valence-corrected chi connectivity index (χ3v) is 7.23. The Morgan fingerprint density at radius 1 is 1.22 bits per heavy atom. The second-order valence-electron chi connectivity index (χ2n) is 6.61. The van der Waals surface area contributed by atoms with E-state index in [1.54, 1.807) is 6.20 Å². The van der Waals surface area contributed by atoms with Crippen LogP contribution in [0.15, 0.2) is 24.4 Å². The Kier molecular flexibility index (Phi) is 10.4. The molecule has 1 aromatic heterocycles. The van der Waals surface area contributed by atoms with E-state index in [1.165, 1.54) is 18.6 Å². The molecule has 1 aromatic rings. The van der Waals surface area contributed by atoms with Crippen molar-refractivity contribution in [3.05, 3.63) is 35.7 Å². The van der Waals surface area contributed by atoms with E-state index in [0.29, 0.717) is 25.9 Å². The average Bonchev–Trinajstić information content (AvgIpc) is 3.17. The predicted molar refractivity (Wildman–Crippen MR) is 116 cm³/mol. The highest BCUT2D eigenvalue weighted by Gasteiger charge is 2.15. The van der Waals surface area contributed by atoms with E-state index in [1.807, 2.05) is 52.8 Å². The zero-order valence-electron chi connectivity index (χ0n) is 15.9. The van der Waals surface area contributed by atoms with E-state index < -0.39 is 0 Å². The maximum Gasteiger partial charge on any atom is 0.223 e. The topological polar surface area (TPSA) is 71.1 Å². The van der Waals surface area contributed by atoms with Crippen LogP contribution in [0.5, 0.6) is 0 Å². The monoisotopic (exact) mass is 407 g/mol. The van der Waals surface area contributed by atoms with Crippen molar-refractivity contribution in [2.45, 2.75) is 50.7 Å². The zero-order valence-corrected chi connectivity index (χ0v) is 17.5. The van der Waals surface area contributed by atoms with Crippen LogP contribution in [0.25, 0.3) is 6.08 Å². The van der Waals surface area contributed by atoms with E-state index in [4.69, 9.17) is 0 Å². The first-order chi connectivity index (χ1) is 13.1. The number of hydrogen-bond donors (Lipinski definition) is 2. The molecule has 1 atom stereocenters. The summed E-state index contributed by atoms with van der Waals surface area (Å²) in [5.74, 6) is 1.29. The van der Waals surface area contributed by atoms with Crippen molar-refractivity contribution in [2.24, 2.45) is 0 Å². The van der Waals surface area contributed by atoms with Gasteiger partial charge in [-0.05, 0) is 37.8 Å². The van der Waals surface area contributed by atoms with E-state index >= 15 is 0 Å². The van der Waals surface area contributed by atoms with E-state index in [0.717, 1.165) is 29.3 Å². The average molecular weight is 408 g/mol. The maximum absolute atomic E-state index is 11.8. The Morgan fingerprint density at radius 2 is 2.04 bits per heavy atom. The summed E-state index contributed by atoms with van der Waals surface area (Å²) in [5, 5.41) is 6.46. The third kappa shape index (κ3) is 9.86. The number of nitrogens with zero attached hydrogens (tertiary/aromatic N) is 1. The Bertz CT molecular complexity index is 614. The molecule has 27 heavy (non-hydrogen) atoms. The molecule has 0 spiro atoms. The summed E-state index contributed by atoms with van der Waals surface area (Å²) in [6, 6.07) is 3.91. The lowest BCUT2D eigenvalue weighted by atomic mass is 10.1. The second kappa shape index (κ2) is 12.8. The van der Waals surface area contributed by atoms with Gasteiger partial charge >= 0.3 is 0 Å². The van der Waals surface area contributed by atoms with Crippen LogP contribution in [0.4, 0.5) is 0 Å². The number of aryl methyl sites for hydroxylation is 1. The molecular formula is C20H29N3O2S2. The fraction of sp³-hybridized carbons (Fsp3) is 0.550. The molecule has 0 bridgehead atoms. The lowest BCUT2D eigenvalue weighted by Gasteiger charge is -2.08. The molecule has 148 valence electrons. The van der Waals surface area contributed by atoms with Crippen molar-refractivity contribution in [2.75, 3.05) is 18.8 Å². The minimum absolute atomic E-state index is 0.0486. The van der Waals surface area contributed by atoms with Crippen molar-refractivity contribution < 1.29 is 9.59 Å². The zero-order chi connectivity index (χ0) is 19.3. The number of pyridine rings is 1. The molecule has 0 aliphatic carbocycles. The van der Waals surface area contributed by atoms with Crippen LogP contribution in [-0.4, -0.2) is 40.9 Å². The molecule has 5 nitrogen and oxygen atoms in total. The standard InChI is InChI=1S/C20H29N3O2S2/c1-16-9-10-17(15-23-16)5-4-8-20(25)22-13-12-21-19(24)7-3-2-6-18-11-14-26-27-18/h4-5,9-10,15,18H,2-3,6-8,11-14H2,1H3,(H,21,24)(H,22,25)/b5-4+. The van der Waals surface area contributed by atoms with Gasteiger partial charge in [-0.15, -0.1) is 0 Å². The summed E-state index contributed by atoms with van der Waals surface area (Å²) < 4.78 is 0. The van der Waals surface area contributed by atoms with Crippen LogP contribution in [-0.2, 0) is 9.59 Å². The number of carbonyl (C=O) groups excluding carboxylic acids is 2. The fourth-order valence-electron chi connectivity index (χ4n) is 2.67. The highest BCUT2D eigenvalue weighted by molar-refractivity contribution is 8.77. The van der Waals surface area contributed by atoms with Gasteiger partial charge in [0.2, 0.25) is 11.8 Å². The van der Waals surface area contributed by atoms with Crippen molar-refractivity contribution in [3.63, 3.8) is 0 Å². The number of amides is 2. The second-order valence-corrected chi connectivity index (χ2v) is 9.40. The molecule has 1 saturated heterocycles. The minimum atomic E-state index is -0.0486. The smallest absolute Gasteiger partial charge is 0.223 e. The molecule has 1 aliphatic rings. The SMILES string of the molecule is Cc1ccc(/C=C/CC(=O)NCCNC(=O)CCCCC2CCSS2)cn1. The van der Waals surface area contributed by atoms with E-state index in [9.17, 15) is 9.59 Å². The summed E-state index contributed by atoms with van der Waals surface area (Å²) in [4.78, 5) is 27.8. The Hall–Kier alpha value is -1.47. The highest BCUT2D eigenvalue weighted by Crippen LogP contribution is 2.39. The van der Waals surface area contributed by atoms with Crippen LogP contribution in [0.1, 0.15) is 49.8 Å². The first-order valence-corrected chi connectivity index (χ1v) is 11.9. The number of aromatic nitrogens is 1. The van der Waals surface area contributed by atoms with Gasteiger partial charge in [0.05, 0.1) is 0 Å². The van der Waals surface area contributed by atoms with Gasteiger partial charge in [0.15, 0.2) is 0 Å². The molecule has 2 amide bonds. The molecule has 2 heterocycles. The normalized spacial score (nSPS) is 16.6. The third-order valence-electron chi connectivity index (χ3n) is 4.22. The van der Waals surface area contributed by atoms with Gasteiger partial charge in [-0.3, -0.25) is 14.6 Å². The van der Waals surface area contributed by atoms with Crippen molar-refractivity contribution in [1.82, 2.24) is 15.6 Å². The highest BCUT2D eigenvalue weighted by atomic mass is 33.1. The summed E-state index contributed by atoms with van der Waals surface area (Å²) in [5.41, 5.74) is 1.95. The lowest BCUT2D eigenvalue weighted by molar-refractivity contribution is -0.122. The van der Waals surface area contributed by atoms with Crippen LogP contribution in [0.3, 0.4) is 0 Å². The van der Waals surface area contributed by atoms with E-state index in [2.05, 4.69) is 15.6 Å². The number of hydrogen-bond acceptors (Lipinski definition) is 5. The first kappa shape index (κ1) is 21.8. The molecule has 1 unspecified atom stereocenters. The van der Waals surface area contributed by atoms with Crippen LogP contribution >= 0.6 is 21.6 Å². The largest absolute Gasteiger partial charge is 0.354 e. The van der Waals surface area contributed by atoms with Crippen LogP contribution < -0.4 is 10.6 Å². The Balaban J connectivity index is 1.45. The summed E-state index contributed by atoms with van der Waals surface area (Å²) in [6.07, 6.45) is 11.0. The van der Waals surface area contributed by atoms with Gasteiger partial charge in [0, 0.05) is 48.8 Å². The Labute approximate surface area is 169 Å². The van der Waals surface area contributed by atoms with Gasteiger partial charge in [-0.25, -0.2) is 0 Å². The van der Waals surface area contributed by atoms with Crippen LogP contribution in [0, 0.1) is 6.92 Å². The minimum Gasteiger partial charge on any atom is -0.354 e. The molecule has 2 N–H and O–H groups in total. The van der Waals surface area contributed by atoms with Crippen LogP contribution in [0.2, 0.25) is 0 Å².